The molecule has 0 aliphatic carbocycles. The maximum atomic E-state index is 11.9. The molecule has 0 aliphatic heterocycles. The molecule has 0 unspecified atom stereocenters. The van der Waals surface area contributed by atoms with Crippen LogP contribution < -0.4 is 15.1 Å². The van der Waals surface area contributed by atoms with Crippen molar-refractivity contribution >= 4 is 23.8 Å². The van der Waals surface area contributed by atoms with Gasteiger partial charge in [-0.05, 0) is 20.8 Å². The van der Waals surface area contributed by atoms with E-state index in [9.17, 15) is 14.9 Å². The van der Waals surface area contributed by atoms with Gasteiger partial charge < -0.3 is 9.64 Å². The third kappa shape index (κ3) is 6.01. The highest BCUT2D eigenvalue weighted by atomic mass is 16.6. The van der Waals surface area contributed by atoms with Gasteiger partial charge in [-0.3, -0.25) is 14.9 Å². The number of carbonyl (C=O) groups is 1. The summed E-state index contributed by atoms with van der Waals surface area (Å²) in [6.45, 7) is 7.06. The van der Waals surface area contributed by atoms with Gasteiger partial charge in [-0.15, -0.1) is 0 Å². The van der Waals surface area contributed by atoms with E-state index in [-0.39, 0.29) is 12.3 Å². The number of nitro benzene ring substituents is 1. The Hall–Kier alpha value is -3.56. The number of ether oxygens (including phenoxy) is 1. The van der Waals surface area contributed by atoms with Gasteiger partial charge in [0.2, 0.25) is 11.8 Å². The Labute approximate surface area is 162 Å². The van der Waals surface area contributed by atoms with Crippen LogP contribution in [0.15, 0.2) is 35.4 Å². The molecule has 10 nitrogen and oxygen atoms in total. The lowest BCUT2D eigenvalue weighted by Gasteiger charge is -2.19. The molecular formula is C18H22N6O4. The molecule has 28 heavy (non-hydrogen) atoms. The van der Waals surface area contributed by atoms with E-state index in [0.29, 0.717) is 17.4 Å². The number of anilines is 1. The molecule has 0 atom stereocenters. The molecule has 0 radical (unpaired) electrons. The molecule has 1 N–H and O–H groups in total. The van der Waals surface area contributed by atoms with Gasteiger partial charge >= 0.3 is 0 Å². The van der Waals surface area contributed by atoms with Crippen LogP contribution in [-0.4, -0.2) is 46.7 Å². The Balaban J connectivity index is 1.92. The molecule has 0 aliphatic rings. The highest BCUT2D eigenvalue weighted by Crippen LogP contribution is 2.15. The predicted octanol–water partition coefficient (Wildman–Crippen LogP) is 2.07. The second kappa shape index (κ2) is 9.95. The second-order valence-electron chi connectivity index (χ2n) is 5.75. The van der Waals surface area contributed by atoms with Gasteiger partial charge in [0.25, 0.3) is 11.6 Å². The van der Waals surface area contributed by atoms with Crippen molar-refractivity contribution in [2.75, 3.05) is 24.6 Å². The van der Waals surface area contributed by atoms with Gasteiger partial charge in [0, 0.05) is 42.5 Å². The topological polar surface area (TPSA) is 123 Å². The standard InChI is InChI=1S/C18H22N6O4/c1-4-23(5-2)18-20-13(3)9-17(21-18)28-12-16(25)22-19-11-14-7-6-8-15(10-14)24(26)27/h6-11H,4-5,12H2,1-3H3,(H,22,25). The summed E-state index contributed by atoms with van der Waals surface area (Å²) in [4.78, 5) is 32.8. The van der Waals surface area contributed by atoms with E-state index >= 15 is 0 Å². The molecule has 1 aromatic carbocycles. The number of amides is 1. The molecule has 148 valence electrons. The summed E-state index contributed by atoms with van der Waals surface area (Å²) in [6, 6.07) is 7.55. The molecule has 2 aromatic rings. The summed E-state index contributed by atoms with van der Waals surface area (Å²) in [6.07, 6.45) is 1.32. The van der Waals surface area contributed by atoms with Crippen LogP contribution >= 0.6 is 0 Å². The lowest BCUT2D eigenvalue weighted by Crippen LogP contribution is -2.26. The number of aryl methyl sites for hydroxylation is 1. The zero-order valence-electron chi connectivity index (χ0n) is 16.0. The SMILES string of the molecule is CCN(CC)c1nc(C)cc(OCC(=O)NN=Cc2cccc([N+](=O)[O-])c2)n1. The lowest BCUT2D eigenvalue weighted by molar-refractivity contribution is -0.384. The van der Waals surface area contributed by atoms with Crippen molar-refractivity contribution in [3.63, 3.8) is 0 Å². The highest BCUT2D eigenvalue weighted by Gasteiger charge is 2.10. The normalized spacial score (nSPS) is 10.7. The molecule has 1 heterocycles. The summed E-state index contributed by atoms with van der Waals surface area (Å²) in [5.74, 6) is 0.360. The summed E-state index contributed by atoms with van der Waals surface area (Å²) in [5, 5.41) is 14.5. The minimum Gasteiger partial charge on any atom is -0.467 e. The third-order valence-electron chi connectivity index (χ3n) is 3.70. The number of nitrogens with zero attached hydrogens (tertiary/aromatic N) is 5. The van der Waals surface area contributed by atoms with E-state index in [2.05, 4.69) is 20.5 Å². The van der Waals surface area contributed by atoms with Crippen LogP contribution in [-0.2, 0) is 4.79 Å². The highest BCUT2D eigenvalue weighted by molar-refractivity contribution is 5.83. The van der Waals surface area contributed by atoms with Crippen molar-refractivity contribution < 1.29 is 14.5 Å². The van der Waals surface area contributed by atoms with Gasteiger partial charge in [0.05, 0.1) is 11.1 Å². The summed E-state index contributed by atoms with van der Waals surface area (Å²) in [7, 11) is 0. The molecule has 0 bridgehead atoms. The van der Waals surface area contributed by atoms with Gasteiger partial charge in [-0.2, -0.15) is 10.1 Å². The number of nitrogens with one attached hydrogen (secondary N) is 1. The van der Waals surface area contributed by atoms with E-state index in [1.54, 1.807) is 12.1 Å². The fourth-order valence-electron chi connectivity index (χ4n) is 2.32. The Morgan fingerprint density at radius 2 is 2.07 bits per heavy atom. The summed E-state index contributed by atoms with van der Waals surface area (Å²) in [5.41, 5.74) is 3.48. The smallest absolute Gasteiger partial charge is 0.278 e. The van der Waals surface area contributed by atoms with Crippen LogP contribution in [0.25, 0.3) is 0 Å². The zero-order valence-corrected chi connectivity index (χ0v) is 16.0. The van der Waals surface area contributed by atoms with Gasteiger partial charge in [-0.25, -0.2) is 10.4 Å². The molecule has 0 spiro atoms. The Kier molecular flexibility index (Phi) is 7.37. The molecular weight excluding hydrogens is 364 g/mol. The number of non-ortho nitro benzene ring substituents is 1. The number of hydrogen-bond acceptors (Lipinski definition) is 8. The van der Waals surface area contributed by atoms with E-state index in [4.69, 9.17) is 4.74 Å². The first-order valence-corrected chi connectivity index (χ1v) is 8.72. The van der Waals surface area contributed by atoms with Crippen molar-refractivity contribution in [2.24, 2.45) is 5.10 Å². The minimum atomic E-state index is -0.500. The van der Waals surface area contributed by atoms with Crippen molar-refractivity contribution in [3.05, 3.63) is 51.7 Å². The van der Waals surface area contributed by atoms with Crippen LogP contribution in [0, 0.1) is 17.0 Å². The zero-order chi connectivity index (χ0) is 20.5. The van der Waals surface area contributed by atoms with Crippen LogP contribution in [0.4, 0.5) is 11.6 Å². The fraction of sp³-hybridized carbons (Fsp3) is 0.333. The number of nitro groups is 1. The molecule has 1 aromatic heterocycles. The van der Waals surface area contributed by atoms with Crippen LogP contribution in [0.5, 0.6) is 5.88 Å². The molecule has 0 saturated heterocycles. The third-order valence-corrected chi connectivity index (χ3v) is 3.70. The van der Waals surface area contributed by atoms with Crippen LogP contribution in [0.1, 0.15) is 25.1 Å². The second-order valence-corrected chi connectivity index (χ2v) is 5.75. The number of benzene rings is 1. The Bertz CT molecular complexity index is 867. The Morgan fingerprint density at radius 3 is 2.75 bits per heavy atom. The number of hydrogen-bond donors (Lipinski definition) is 1. The lowest BCUT2D eigenvalue weighted by atomic mass is 10.2. The van der Waals surface area contributed by atoms with E-state index < -0.39 is 10.8 Å². The van der Waals surface area contributed by atoms with Gasteiger partial charge in [-0.1, -0.05) is 12.1 Å². The number of hydrazone groups is 1. The monoisotopic (exact) mass is 386 g/mol. The quantitative estimate of drug-likeness (QED) is 0.397. The largest absolute Gasteiger partial charge is 0.467 e. The van der Waals surface area contributed by atoms with Crippen molar-refractivity contribution in [3.8, 4) is 5.88 Å². The predicted molar refractivity (Wildman–Crippen MR) is 105 cm³/mol. The van der Waals surface area contributed by atoms with E-state index in [1.165, 1.54) is 24.4 Å². The first-order chi connectivity index (χ1) is 13.4. The average Bonchev–Trinajstić information content (AvgIpc) is 2.67. The van der Waals surface area contributed by atoms with Crippen molar-refractivity contribution in [1.29, 1.82) is 0 Å². The summed E-state index contributed by atoms with van der Waals surface area (Å²) >= 11 is 0. The van der Waals surface area contributed by atoms with E-state index in [1.807, 2.05) is 25.7 Å². The summed E-state index contributed by atoms with van der Waals surface area (Å²) < 4.78 is 5.43. The maximum Gasteiger partial charge on any atom is 0.278 e. The molecule has 0 fully saturated rings. The van der Waals surface area contributed by atoms with Crippen molar-refractivity contribution in [2.45, 2.75) is 20.8 Å². The van der Waals surface area contributed by atoms with Crippen LogP contribution in [0.3, 0.4) is 0 Å². The molecule has 1 amide bonds. The number of rotatable bonds is 9. The van der Waals surface area contributed by atoms with Crippen LogP contribution in [0.2, 0.25) is 0 Å². The Morgan fingerprint density at radius 1 is 1.32 bits per heavy atom. The van der Waals surface area contributed by atoms with Crippen molar-refractivity contribution in [1.82, 2.24) is 15.4 Å². The molecule has 2 rings (SSSR count). The fourth-order valence-corrected chi connectivity index (χ4v) is 2.32. The average molecular weight is 386 g/mol. The van der Waals surface area contributed by atoms with E-state index in [0.717, 1.165) is 18.8 Å². The first-order valence-electron chi connectivity index (χ1n) is 8.72. The van der Waals surface area contributed by atoms with Gasteiger partial charge in [0.1, 0.15) is 0 Å². The number of aromatic nitrogens is 2. The number of carbonyl (C=O) groups excluding carboxylic acids is 1. The molecule has 0 saturated carbocycles. The van der Waals surface area contributed by atoms with Gasteiger partial charge in [0.15, 0.2) is 6.61 Å². The first kappa shape index (κ1) is 20.7. The minimum absolute atomic E-state index is 0.0539. The maximum absolute atomic E-state index is 11.9. The molecule has 10 heteroatoms.